The van der Waals surface area contributed by atoms with Crippen molar-refractivity contribution < 1.29 is 0 Å². The molecule has 29 heavy (non-hydrogen) atoms. The van der Waals surface area contributed by atoms with Gasteiger partial charge in [-0.15, -0.1) is 0 Å². The highest BCUT2D eigenvalue weighted by molar-refractivity contribution is 5.86. The van der Waals surface area contributed by atoms with Crippen LogP contribution in [0.25, 0.3) is 21.7 Å². The van der Waals surface area contributed by atoms with Crippen LogP contribution in [0.1, 0.15) is 37.5 Å². The number of benzene rings is 1. The second-order valence-corrected chi connectivity index (χ2v) is 8.73. The lowest BCUT2D eigenvalue weighted by Crippen LogP contribution is -2.23. The maximum Gasteiger partial charge on any atom is 0.277 e. The zero-order valence-corrected chi connectivity index (χ0v) is 17.5. The molecule has 0 N–H and O–H groups in total. The van der Waals surface area contributed by atoms with Crippen molar-refractivity contribution in [1.29, 1.82) is 0 Å². The van der Waals surface area contributed by atoms with Crippen LogP contribution in [0.4, 0.5) is 0 Å². The molecule has 0 radical (unpaired) electrons. The Morgan fingerprint density at radius 3 is 2.45 bits per heavy atom. The minimum absolute atomic E-state index is 0.0291. The van der Waals surface area contributed by atoms with Crippen molar-refractivity contribution in [2.24, 2.45) is 7.05 Å². The third-order valence-corrected chi connectivity index (χ3v) is 5.45. The van der Waals surface area contributed by atoms with Gasteiger partial charge in [0.05, 0.1) is 6.54 Å². The third kappa shape index (κ3) is 3.27. The van der Waals surface area contributed by atoms with E-state index >= 15 is 0 Å². The molecule has 0 unspecified atom stereocenters. The van der Waals surface area contributed by atoms with Crippen molar-refractivity contribution in [3.63, 3.8) is 0 Å². The summed E-state index contributed by atoms with van der Waals surface area (Å²) in [6, 6.07) is 9.67. The van der Waals surface area contributed by atoms with Crippen LogP contribution in [-0.2, 0) is 19.0 Å². The molecule has 0 fully saturated rings. The second kappa shape index (κ2) is 6.69. The van der Waals surface area contributed by atoms with Crippen LogP contribution < -0.4 is 11.1 Å². The summed E-state index contributed by atoms with van der Waals surface area (Å²) in [5.41, 5.74) is 3.28. The lowest BCUT2D eigenvalue weighted by molar-refractivity contribution is 0.587. The highest BCUT2D eigenvalue weighted by Crippen LogP contribution is 2.29. The lowest BCUT2D eigenvalue weighted by Gasteiger charge is -2.22. The SMILES string of the molecule is Cc1cn(Cc2ccc3c(C(C)(C)C)cn(C)c(=O)c3c2)c(=O)c2ncccc12. The third-order valence-electron chi connectivity index (χ3n) is 5.45. The van der Waals surface area contributed by atoms with Gasteiger partial charge in [0.15, 0.2) is 0 Å². The maximum absolute atomic E-state index is 12.9. The molecule has 3 aromatic heterocycles. The summed E-state index contributed by atoms with van der Waals surface area (Å²) in [4.78, 5) is 30.0. The first-order chi connectivity index (χ1) is 13.7. The predicted molar refractivity (Wildman–Crippen MR) is 118 cm³/mol. The van der Waals surface area contributed by atoms with Crippen molar-refractivity contribution in [1.82, 2.24) is 14.1 Å². The maximum atomic E-state index is 12.9. The molecular weight excluding hydrogens is 362 g/mol. The second-order valence-electron chi connectivity index (χ2n) is 8.73. The Bertz CT molecular complexity index is 1370. The van der Waals surface area contributed by atoms with Gasteiger partial charge in [-0.3, -0.25) is 14.6 Å². The van der Waals surface area contributed by atoms with Crippen LogP contribution in [-0.4, -0.2) is 14.1 Å². The van der Waals surface area contributed by atoms with Crippen LogP contribution >= 0.6 is 0 Å². The molecule has 0 spiro atoms. The minimum Gasteiger partial charge on any atom is -0.318 e. The number of hydrogen-bond acceptors (Lipinski definition) is 3. The van der Waals surface area contributed by atoms with E-state index in [2.05, 4.69) is 25.8 Å². The van der Waals surface area contributed by atoms with E-state index in [9.17, 15) is 9.59 Å². The monoisotopic (exact) mass is 387 g/mol. The standard InChI is InChI=1S/C24H25N3O2/c1-15-12-27(23(29)21-17(15)7-6-10-25-21)13-16-8-9-18-19(11-16)22(28)26(5)14-20(18)24(2,3)4/h6-12,14H,13H2,1-5H3. The van der Waals surface area contributed by atoms with E-state index in [1.54, 1.807) is 22.4 Å². The number of nitrogens with zero attached hydrogens (tertiary/aromatic N) is 3. The van der Waals surface area contributed by atoms with Gasteiger partial charge in [-0.1, -0.05) is 39.0 Å². The van der Waals surface area contributed by atoms with Crippen LogP contribution in [0.15, 0.2) is 58.5 Å². The van der Waals surface area contributed by atoms with Gasteiger partial charge in [-0.25, -0.2) is 0 Å². The molecule has 0 aliphatic carbocycles. The summed E-state index contributed by atoms with van der Waals surface area (Å²) >= 11 is 0. The number of hydrogen-bond donors (Lipinski definition) is 0. The van der Waals surface area contributed by atoms with E-state index in [0.29, 0.717) is 17.4 Å². The molecule has 0 amide bonds. The van der Waals surface area contributed by atoms with Gasteiger partial charge in [0.25, 0.3) is 11.1 Å². The Morgan fingerprint density at radius 1 is 0.966 bits per heavy atom. The largest absolute Gasteiger partial charge is 0.318 e. The molecular formula is C24H25N3O2. The number of fused-ring (bicyclic) bond motifs is 2. The molecule has 0 atom stereocenters. The molecule has 0 aliphatic rings. The fourth-order valence-corrected chi connectivity index (χ4v) is 3.92. The quantitative estimate of drug-likeness (QED) is 0.524. The van der Waals surface area contributed by atoms with Gasteiger partial charge in [0.2, 0.25) is 0 Å². The lowest BCUT2D eigenvalue weighted by atomic mass is 9.84. The molecule has 1 aromatic carbocycles. The van der Waals surface area contributed by atoms with E-state index in [4.69, 9.17) is 0 Å². The summed E-state index contributed by atoms with van der Waals surface area (Å²) in [6.45, 7) is 8.80. The van der Waals surface area contributed by atoms with Crippen molar-refractivity contribution in [2.45, 2.75) is 39.7 Å². The highest BCUT2D eigenvalue weighted by atomic mass is 16.1. The molecule has 3 heterocycles. The molecule has 0 aliphatic heterocycles. The number of rotatable bonds is 2. The molecule has 0 saturated carbocycles. The van der Waals surface area contributed by atoms with Gasteiger partial charge in [0.1, 0.15) is 5.52 Å². The van der Waals surface area contributed by atoms with Crippen molar-refractivity contribution in [3.8, 4) is 0 Å². The summed E-state index contributed by atoms with van der Waals surface area (Å²) in [5, 5.41) is 2.52. The van der Waals surface area contributed by atoms with E-state index in [1.165, 1.54) is 0 Å². The van der Waals surface area contributed by atoms with E-state index in [-0.39, 0.29) is 16.5 Å². The Balaban J connectivity index is 1.88. The summed E-state index contributed by atoms with van der Waals surface area (Å²) < 4.78 is 3.31. The Morgan fingerprint density at radius 2 is 1.72 bits per heavy atom. The summed E-state index contributed by atoms with van der Waals surface area (Å²) in [7, 11) is 1.78. The highest BCUT2D eigenvalue weighted by Gasteiger charge is 2.19. The van der Waals surface area contributed by atoms with Crippen molar-refractivity contribution in [2.75, 3.05) is 0 Å². The topological polar surface area (TPSA) is 56.9 Å². The Kier molecular flexibility index (Phi) is 4.41. The van der Waals surface area contributed by atoms with E-state index in [1.807, 2.05) is 49.6 Å². The molecule has 148 valence electrons. The Labute approximate surface area is 169 Å². The minimum atomic E-state index is -0.123. The smallest absolute Gasteiger partial charge is 0.277 e. The van der Waals surface area contributed by atoms with Gasteiger partial charge < -0.3 is 9.13 Å². The van der Waals surface area contributed by atoms with Crippen molar-refractivity contribution in [3.05, 3.63) is 86.3 Å². The average Bonchev–Trinajstić information content (AvgIpc) is 2.68. The molecule has 5 nitrogen and oxygen atoms in total. The van der Waals surface area contributed by atoms with Crippen LogP contribution in [0.2, 0.25) is 0 Å². The number of pyridine rings is 3. The average molecular weight is 387 g/mol. The van der Waals surface area contributed by atoms with Gasteiger partial charge in [-0.05, 0) is 46.5 Å². The molecule has 0 bridgehead atoms. The van der Waals surface area contributed by atoms with Gasteiger partial charge >= 0.3 is 0 Å². The molecule has 4 rings (SSSR count). The molecule has 0 saturated heterocycles. The molecule has 5 heteroatoms. The normalized spacial score (nSPS) is 12.0. The van der Waals surface area contributed by atoms with Crippen LogP contribution in [0.3, 0.4) is 0 Å². The number of aromatic nitrogens is 3. The number of aryl methyl sites for hydroxylation is 2. The fraction of sp³-hybridized carbons (Fsp3) is 0.292. The van der Waals surface area contributed by atoms with Gasteiger partial charge in [-0.2, -0.15) is 0 Å². The first-order valence-electron chi connectivity index (χ1n) is 9.74. The van der Waals surface area contributed by atoms with Gasteiger partial charge in [0, 0.05) is 36.4 Å². The molecule has 4 aromatic rings. The first-order valence-corrected chi connectivity index (χ1v) is 9.74. The van der Waals surface area contributed by atoms with Crippen molar-refractivity contribution >= 4 is 21.7 Å². The van der Waals surface area contributed by atoms with Crippen LogP contribution in [0.5, 0.6) is 0 Å². The van der Waals surface area contributed by atoms with E-state index < -0.39 is 0 Å². The van der Waals surface area contributed by atoms with Crippen LogP contribution in [0, 0.1) is 6.92 Å². The predicted octanol–water partition coefficient (Wildman–Crippen LogP) is 3.90. The summed E-state index contributed by atoms with van der Waals surface area (Å²) in [5.74, 6) is 0. The summed E-state index contributed by atoms with van der Waals surface area (Å²) in [6.07, 6.45) is 5.43. The first kappa shape index (κ1) is 19.1. The zero-order chi connectivity index (χ0) is 20.9. The van der Waals surface area contributed by atoms with E-state index in [0.717, 1.165) is 27.5 Å². The Hall–Kier alpha value is -3.21. The zero-order valence-electron chi connectivity index (χ0n) is 17.5. The fourth-order valence-electron chi connectivity index (χ4n) is 3.92.